The molecule has 4 saturated carbocycles. The smallest absolute Gasteiger partial charge is 0.0205 e. The summed E-state index contributed by atoms with van der Waals surface area (Å²) in [5.74, 6) is 3.76. The fourth-order valence-corrected chi connectivity index (χ4v) is 6.76. The van der Waals surface area contributed by atoms with Gasteiger partial charge in [-0.15, -0.1) is 0 Å². The van der Waals surface area contributed by atoms with Crippen LogP contribution in [-0.2, 0) is 6.54 Å². The Labute approximate surface area is 158 Å². The Bertz CT molecular complexity index is 768. The average Bonchev–Trinajstić information content (AvgIpc) is 2.60. The standard InChI is InChI=1S/C25H33N/c1-17(2)22-5-6-23-10-18(3-4-24(23)11-22)15-26-16-25-12-19-7-20(13-25)9-21(8-19)14-25/h3-6,10-11,17,19-21,26H,7-9,12-16H2,1-2H3. The molecule has 0 aromatic heterocycles. The van der Waals surface area contributed by atoms with Gasteiger partial charge in [-0.25, -0.2) is 0 Å². The molecule has 26 heavy (non-hydrogen) atoms. The second kappa shape index (κ2) is 6.37. The molecule has 0 radical (unpaired) electrons. The van der Waals surface area contributed by atoms with Gasteiger partial charge in [-0.1, -0.05) is 44.2 Å². The summed E-state index contributed by atoms with van der Waals surface area (Å²) in [6, 6.07) is 14.0. The van der Waals surface area contributed by atoms with Crippen LogP contribution in [0.5, 0.6) is 0 Å². The van der Waals surface area contributed by atoms with Gasteiger partial charge < -0.3 is 5.32 Å². The molecule has 0 aliphatic heterocycles. The summed E-state index contributed by atoms with van der Waals surface area (Å²) < 4.78 is 0. The van der Waals surface area contributed by atoms with Gasteiger partial charge in [0, 0.05) is 13.1 Å². The lowest BCUT2D eigenvalue weighted by Gasteiger charge is -2.57. The average molecular weight is 348 g/mol. The fourth-order valence-electron chi connectivity index (χ4n) is 6.76. The van der Waals surface area contributed by atoms with Gasteiger partial charge in [-0.3, -0.25) is 0 Å². The van der Waals surface area contributed by atoms with Gasteiger partial charge in [0.25, 0.3) is 0 Å². The number of nitrogens with one attached hydrogen (secondary N) is 1. The lowest BCUT2D eigenvalue weighted by molar-refractivity contribution is -0.0514. The van der Waals surface area contributed by atoms with Gasteiger partial charge in [0.1, 0.15) is 0 Å². The minimum absolute atomic E-state index is 0.598. The van der Waals surface area contributed by atoms with Crippen molar-refractivity contribution in [3.63, 3.8) is 0 Å². The molecule has 4 fully saturated rings. The van der Waals surface area contributed by atoms with Crippen LogP contribution < -0.4 is 5.32 Å². The first-order chi connectivity index (χ1) is 12.6. The van der Waals surface area contributed by atoms with Crippen LogP contribution in [0.3, 0.4) is 0 Å². The first-order valence-corrected chi connectivity index (χ1v) is 10.8. The summed E-state index contributed by atoms with van der Waals surface area (Å²) in [7, 11) is 0. The molecule has 0 spiro atoms. The molecule has 2 aromatic rings. The lowest BCUT2D eigenvalue weighted by Crippen LogP contribution is -2.50. The van der Waals surface area contributed by atoms with Crippen molar-refractivity contribution < 1.29 is 0 Å². The third-order valence-corrected chi connectivity index (χ3v) is 7.59. The largest absolute Gasteiger partial charge is 0.312 e. The molecule has 1 nitrogen and oxygen atoms in total. The summed E-state index contributed by atoms with van der Waals surface area (Å²) >= 11 is 0. The Hall–Kier alpha value is -1.34. The molecule has 4 aliphatic rings. The predicted octanol–water partition coefficient (Wildman–Crippen LogP) is 6.27. The molecular formula is C25H33N. The summed E-state index contributed by atoms with van der Waals surface area (Å²) in [5, 5.41) is 6.61. The van der Waals surface area contributed by atoms with Gasteiger partial charge in [0.05, 0.1) is 0 Å². The third kappa shape index (κ3) is 3.09. The number of hydrogen-bond donors (Lipinski definition) is 1. The van der Waals surface area contributed by atoms with E-state index in [1.807, 2.05) is 0 Å². The molecular weight excluding hydrogens is 314 g/mol. The second-order valence-electron chi connectivity index (χ2n) is 10.1. The Kier molecular flexibility index (Phi) is 4.12. The van der Waals surface area contributed by atoms with Gasteiger partial charge in [-0.05, 0) is 95.6 Å². The molecule has 0 heterocycles. The second-order valence-corrected chi connectivity index (χ2v) is 10.1. The van der Waals surface area contributed by atoms with Gasteiger partial charge in [0.2, 0.25) is 0 Å². The SMILES string of the molecule is CC(C)c1ccc2cc(CNCC34CC5CC(CC(C5)C3)C4)ccc2c1. The minimum atomic E-state index is 0.598. The van der Waals surface area contributed by atoms with Crippen molar-refractivity contribution in [2.45, 2.75) is 64.8 Å². The normalized spacial score (nSPS) is 32.7. The van der Waals surface area contributed by atoms with Crippen LogP contribution in [0, 0.1) is 23.2 Å². The van der Waals surface area contributed by atoms with E-state index in [0.717, 1.165) is 24.3 Å². The van der Waals surface area contributed by atoms with E-state index in [-0.39, 0.29) is 0 Å². The van der Waals surface area contributed by atoms with Crippen molar-refractivity contribution in [1.82, 2.24) is 5.32 Å². The zero-order valence-corrected chi connectivity index (χ0v) is 16.4. The van der Waals surface area contributed by atoms with E-state index in [2.05, 4.69) is 55.6 Å². The van der Waals surface area contributed by atoms with Gasteiger partial charge in [0.15, 0.2) is 0 Å². The van der Waals surface area contributed by atoms with Crippen LogP contribution >= 0.6 is 0 Å². The van der Waals surface area contributed by atoms with E-state index in [1.54, 1.807) is 19.3 Å². The molecule has 0 unspecified atom stereocenters. The van der Waals surface area contributed by atoms with Crippen molar-refractivity contribution in [2.24, 2.45) is 23.2 Å². The van der Waals surface area contributed by atoms with Crippen LogP contribution in [0.4, 0.5) is 0 Å². The molecule has 4 bridgehead atoms. The van der Waals surface area contributed by atoms with E-state index >= 15 is 0 Å². The molecule has 2 aromatic carbocycles. The zero-order valence-electron chi connectivity index (χ0n) is 16.4. The molecule has 0 amide bonds. The molecule has 138 valence electrons. The molecule has 0 atom stereocenters. The quantitative estimate of drug-likeness (QED) is 0.672. The Balaban J connectivity index is 1.25. The zero-order chi connectivity index (χ0) is 17.7. The van der Waals surface area contributed by atoms with Gasteiger partial charge in [-0.2, -0.15) is 0 Å². The Morgan fingerprint density at radius 2 is 1.50 bits per heavy atom. The highest BCUT2D eigenvalue weighted by Crippen LogP contribution is 2.59. The summed E-state index contributed by atoms with van der Waals surface area (Å²) in [6.45, 7) is 6.79. The van der Waals surface area contributed by atoms with E-state index in [4.69, 9.17) is 0 Å². The number of benzene rings is 2. The van der Waals surface area contributed by atoms with Crippen LogP contribution in [0.15, 0.2) is 36.4 Å². The number of fused-ring (bicyclic) bond motifs is 1. The highest BCUT2D eigenvalue weighted by Gasteiger charge is 2.50. The summed E-state index contributed by atoms with van der Waals surface area (Å²) in [6.07, 6.45) is 9.14. The van der Waals surface area contributed by atoms with Crippen molar-refractivity contribution in [3.05, 3.63) is 47.5 Å². The third-order valence-electron chi connectivity index (χ3n) is 7.59. The predicted molar refractivity (Wildman–Crippen MR) is 110 cm³/mol. The fraction of sp³-hybridized carbons (Fsp3) is 0.600. The molecule has 1 heteroatoms. The molecule has 4 aliphatic carbocycles. The summed E-state index contributed by atoms with van der Waals surface area (Å²) in [5.41, 5.74) is 3.50. The Morgan fingerprint density at radius 1 is 0.885 bits per heavy atom. The molecule has 1 N–H and O–H groups in total. The first kappa shape index (κ1) is 16.8. The van der Waals surface area contributed by atoms with Crippen LogP contribution in [-0.4, -0.2) is 6.54 Å². The van der Waals surface area contributed by atoms with E-state index in [9.17, 15) is 0 Å². The van der Waals surface area contributed by atoms with Crippen LogP contribution in [0.25, 0.3) is 10.8 Å². The van der Waals surface area contributed by atoms with Crippen molar-refractivity contribution >= 4 is 10.8 Å². The van der Waals surface area contributed by atoms with E-state index < -0.39 is 0 Å². The molecule has 6 rings (SSSR count). The maximum atomic E-state index is 3.85. The van der Waals surface area contributed by atoms with E-state index in [0.29, 0.717) is 11.3 Å². The minimum Gasteiger partial charge on any atom is -0.312 e. The maximum Gasteiger partial charge on any atom is 0.0205 e. The van der Waals surface area contributed by atoms with E-state index in [1.165, 1.54) is 47.7 Å². The maximum absolute atomic E-state index is 3.85. The molecule has 0 saturated heterocycles. The first-order valence-electron chi connectivity index (χ1n) is 10.8. The van der Waals surface area contributed by atoms with Crippen molar-refractivity contribution in [1.29, 1.82) is 0 Å². The highest BCUT2D eigenvalue weighted by molar-refractivity contribution is 5.84. The Morgan fingerprint density at radius 3 is 2.15 bits per heavy atom. The topological polar surface area (TPSA) is 12.0 Å². The highest BCUT2D eigenvalue weighted by atomic mass is 14.9. The van der Waals surface area contributed by atoms with Crippen molar-refractivity contribution in [3.8, 4) is 0 Å². The van der Waals surface area contributed by atoms with Crippen molar-refractivity contribution in [2.75, 3.05) is 6.54 Å². The number of hydrogen-bond acceptors (Lipinski definition) is 1. The lowest BCUT2D eigenvalue weighted by atomic mass is 9.49. The van der Waals surface area contributed by atoms with Gasteiger partial charge >= 0.3 is 0 Å². The summed E-state index contributed by atoms with van der Waals surface area (Å²) in [4.78, 5) is 0. The monoisotopic (exact) mass is 347 g/mol. The number of rotatable bonds is 5. The van der Waals surface area contributed by atoms with Crippen LogP contribution in [0.2, 0.25) is 0 Å². The van der Waals surface area contributed by atoms with Crippen LogP contribution in [0.1, 0.15) is 69.4 Å².